The van der Waals surface area contributed by atoms with E-state index in [9.17, 15) is 0 Å². The third-order valence-corrected chi connectivity index (χ3v) is 3.52. The van der Waals surface area contributed by atoms with E-state index in [4.69, 9.17) is 4.42 Å². The molecule has 0 aliphatic rings. The number of aryl methyl sites for hydroxylation is 1. The quantitative estimate of drug-likeness (QED) is 0.719. The van der Waals surface area contributed by atoms with Crippen LogP contribution in [0.3, 0.4) is 0 Å². The molecule has 2 heterocycles. The molecule has 20 heavy (non-hydrogen) atoms. The fourth-order valence-electron chi connectivity index (χ4n) is 2.43. The predicted octanol–water partition coefficient (Wildman–Crippen LogP) is 3.47. The molecular weight excluding hydrogens is 248 g/mol. The van der Waals surface area contributed by atoms with E-state index in [1.165, 1.54) is 16.5 Å². The monoisotopic (exact) mass is 266 g/mol. The van der Waals surface area contributed by atoms with Gasteiger partial charge in [0.05, 0.1) is 0 Å². The highest BCUT2D eigenvalue weighted by molar-refractivity contribution is 5.82. The zero-order valence-electron chi connectivity index (χ0n) is 11.6. The van der Waals surface area contributed by atoms with E-state index in [0.717, 1.165) is 30.9 Å². The first kappa shape index (κ1) is 12.9. The van der Waals surface area contributed by atoms with Gasteiger partial charge in [0.2, 0.25) is 0 Å². The van der Waals surface area contributed by atoms with Crippen LogP contribution in [0, 0.1) is 6.92 Å². The highest BCUT2D eigenvalue weighted by Gasteiger charge is 2.09. The van der Waals surface area contributed by atoms with Gasteiger partial charge in [-0.2, -0.15) is 0 Å². The Kier molecular flexibility index (Phi) is 3.79. The summed E-state index contributed by atoms with van der Waals surface area (Å²) in [5.74, 6) is 1.00. The van der Waals surface area contributed by atoms with Crippen molar-refractivity contribution in [2.24, 2.45) is 0 Å². The van der Waals surface area contributed by atoms with Crippen molar-refractivity contribution in [3.63, 3.8) is 0 Å². The molecule has 0 bridgehead atoms. The van der Waals surface area contributed by atoms with Gasteiger partial charge in [0.1, 0.15) is 11.3 Å². The molecular formula is C17H18N2O. The summed E-state index contributed by atoms with van der Waals surface area (Å²) in [7, 11) is 0. The number of fused-ring (bicyclic) bond motifs is 1. The van der Waals surface area contributed by atoms with E-state index >= 15 is 0 Å². The molecule has 3 nitrogen and oxygen atoms in total. The zero-order chi connectivity index (χ0) is 13.8. The normalized spacial score (nSPS) is 11.1. The van der Waals surface area contributed by atoms with Gasteiger partial charge in [-0.1, -0.05) is 24.3 Å². The number of hydrogen-bond acceptors (Lipinski definition) is 3. The van der Waals surface area contributed by atoms with E-state index < -0.39 is 0 Å². The number of hydrogen-bond donors (Lipinski definition) is 1. The lowest BCUT2D eigenvalue weighted by atomic mass is 10.1. The fourth-order valence-corrected chi connectivity index (χ4v) is 2.43. The molecule has 0 unspecified atom stereocenters. The topological polar surface area (TPSA) is 38.1 Å². The minimum atomic E-state index is 0.836. The Morgan fingerprint density at radius 1 is 1.15 bits per heavy atom. The van der Waals surface area contributed by atoms with Crippen LogP contribution in [-0.2, 0) is 13.0 Å². The van der Waals surface area contributed by atoms with E-state index in [1.54, 1.807) is 6.20 Å². The summed E-state index contributed by atoms with van der Waals surface area (Å²) < 4.78 is 5.76. The molecule has 0 saturated carbocycles. The molecule has 3 rings (SSSR count). The Hall–Kier alpha value is -2.13. The molecule has 102 valence electrons. The third-order valence-electron chi connectivity index (χ3n) is 3.52. The maximum atomic E-state index is 5.76. The maximum Gasteiger partial charge on any atom is 0.134 e. The summed E-state index contributed by atoms with van der Waals surface area (Å²) in [4.78, 5) is 4.13. The first-order valence-electron chi connectivity index (χ1n) is 6.91. The van der Waals surface area contributed by atoms with E-state index in [2.05, 4.69) is 28.5 Å². The highest BCUT2D eigenvalue weighted by atomic mass is 16.3. The average Bonchev–Trinajstić information content (AvgIpc) is 2.80. The van der Waals surface area contributed by atoms with Crippen LogP contribution in [0.5, 0.6) is 0 Å². The molecule has 0 radical (unpaired) electrons. The average molecular weight is 266 g/mol. The summed E-state index contributed by atoms with van der Waals surface area (Å²) >= 11 is 0. The number of para-hydroxylation sites is 1. The van der Waals surface area contributed by atoms with Crippen molar-refractivity contribution >= 4 is 11.0 Å². The minimum absolute atomic E-state index is 0.836. The van der Waals surface area contributed by atoms with Crippen molar-refractivity contribution < 1.29 is 4.42 Å². The van der Waals surface area contributed by atoms with Gasteiger partial charge >= 0.3 is 0 Å². The maximum absolute atomic E-state index is 5.76. The molecule has 0 aliphatic heterocycles. The number of nitrogens with zero attached hydrogens (tertiary/aromatic N) is 1. The largest absolute Gasteiger partial charge is 0.461 e. The summed E-state index contributed by atoms with van der Waals surface area (Å²) in [5.41, 5.74) is 3.48. The number of pyridine rings is 1. The van der Waals surface area contributed by atoms with Crippen LogP contribution in [0.15, 0.2) is 53.2 Å². The lowest BCUT2D eigenvalue weighted by Crippen LogP contribution is -2.17. The number of furan rings is 1. The molecule has 0 saturated heterocycles. The van der Waals surface area contributed by atoms with Gasteiger partial charge in [0, 0.05) is 29.9 Å². The van der Waals surface area contributed by atoms with Gasteiger partial charge in [0.15, 0.2) is 0 Å². The smallest absolute Gasteiger partial charge is 0.134 e. The Morgan fingerprint density at radius 3 is 2.90 bits per heavy atom. The lowest BCUT2D eigenvalue weighted by Gasteiger charge is -2.04. The van der Waals surface area contributed by atoms with Crippen LogP contribution in [0.4, 0.5) is 0 Å². The third kappa shape index (κ3) is 2.73. The van der Waals surface area contributed by atoms with Gasteiger partial charge in [0.25, 0.3) is 0 Å². The van der Waals surface area contributed by atoms with Crippen molar-refractivity contribution in [2.75, 3.05) is 6.54 Å². The molecule has 0 amide bonds. The summed E-state index contributed by atoms with van der Waals surface area (Å²) in [5, 5.41) is 4.69. The second-order valence-electron chi connectivity index (χ2n) is 4.92. The Labute approximate surface area is 118 Å². The molecule has 2 aromatic heterocycles. The molecule has 1 aromatic carbocycles. The number of nitrogens with one attached hydrogen (secondary N) is 1. The fraction of sp³-hybridized carbons (Fsp3) is 0.235. The zero-order valence-corrected chi connectivity index (χ0v) is 11.6. The minimum Gasteiger partial charge on any atom is -0.461 e. The van der Waals surface area contributed by atoms with Crippen molar-refractivity contribution in [1.29, 1.82) is 0 Å². The van der Waals surface area contributed by atoms with Gasteiger partial charge in [-0.15, -0.1) is 0 Å². The molecule has 3 aromatic rings. The highest BCUT2D eigenvalue weighted by Crippen LogP contribution is 2.24. The van der Waals surface area contributed by atoms with E-state index in [-0.39, 0.29) is 0 Å². The van der Waals surface area contributed by atoms with Crippen LogP contribution in [0.25, 0.3) is 11.0 Å². The van der Waals surface area contributed by atoms with Crippen LogP contribution in [0.2, 0.25) is 0 Å². The molecule has 1 N–H and O–H groups in total. The SMILES string of the molecule is Cc1oc2ccccc2c1CNCCc1cccnc1. The Morgan fingerprint density at radius 2 is 2.05 bits per heavy atom. The van der Waals surface area contributed by atoms with Gasteiger partial charge in [-0.25, -0.2) is 0 Å². The number of aromatic nitrogens is 1. The lowest BCUT2D eigenvalue weighted by molar-refractivity contribution is 0.565. The number of rotatable bonds is 5. The second-order valence-corrected chi connectivity index (χ2v) is 4.92. The van der Waals surface area contributed by atoms with E-state index in [1.807, 2.05) is 31.3 Å². The first-order valence-corrected chi connectivity index (χ1v) is 6.91. The second kappa shape index (κ2) is 5.88. The van der Waals surface area contributed by atoms with Crippen molar-refractivity contribution in [2.45, 2.75) is 19.9 Å². The molecule has 0 spiro atoms. The van der Waals surface area contributed by atoms with Crippen LogP contribution in [0.1, 0.15) is 16.9 Å². The Balaban J connectivity index is 1.61. The number of benzene rings is 1. The summed E-state index contributed by atoms with van der Waals surface area (Å²) in [6, 6.07) is 12.3. The molecule has 0 fully saturated rings. The first-order chi connectivity index (χ1) is 9.84. The van der Waals surface area contributed by atoms with Crippen molar-refractivity contribution in [3.05, 3.63) is 65.7 Å². The van der Waals surface area contributed by atoms with Gasteiger partial charge < -0.3 is 9.73 Å². The molecule has 3 heteroatoms. The summed E-state index contributed by atoms with van der Waals surface area (Å²) in [6.07, 6.45) is 4.71. The Bertz CT molecular complexity index is 689. The van der Waals surface area contributed by atoms with Gasteiger partial charge in [-0.05, 0) is 37.6 Å². The molecule has 0 atom stereocenters. The van der Waals surface area contributed by atoms with Crippen molar-refractivity contribution in [3.8, 4) is 0 Å². The standard InChI is InChI=1S/C17H18N2O/c1-13-16(15-6-2-3-7-17(15)20-13)12-19-10-8-14-5-4-9-18-11-14/h2-7,9,11,19H,8,10,12H2,1H3. The van der Waals surface area contributed by atoms with Gasteiger partial charge in [-0.3, -0.25) is 4.98 Å². The van der Waals surface area contributed by atoms with E-state index in [0.29, 0.717) is 0 Å². The van der Waals surface area contributed by atoms with Crippen LogP contribution >= 0.6 is 0 Å². The summed E-state index contributed by atoms with van der Waals surface area (Å²) in [6.45, 7) is 3.80. The van der Waals surface area contributed by atoms with Crippen molar-refractivity contribution in [1.82, 2.24) is 10.3 Å². The molecule has 0 aliphatic carbocycles. The van der Waals surface area contributed by atoms with Crippen LogP contribution in [-0.4, -0.2) is 11.5 Å². The predicted molar refractivity (Wildman–Crippen MR) is 80.6 cm³/mol. The van der Waals surface area contributed by atoms with Crippen LogP contribution < -0.4 is 5.32 Å².